The minimum absolute atomic E-state index is 0.00235. The fourth-order valence-electron chi connectivity index (χ4n) is 2.45. The summed E-state index contributed by atoms with van der Waals surface area (Å²) in [5.41, 5.74) is 0.436. The van der Waals surface area contributed by atoms with Crippen molar-refractivity contribution < 1.29 is 23.9 Å². The third-order valence-corrected chi connectivity index (χ3v) is 4.46. The van der Waals surface area contributed by atoms with Crippen LogP contribution in [0.4, 0.5) is 0 Å². The van der Waals surface area contributed by atoms with Crippen LogP contribution in [0, 0.1) is 0 Å². The Hall–Kier alpha value is -2.41. The Morgan fingerprint density at radius 1 is 1.04 bits per heavy atom. The molecule has 0 aromatic heterocycles. The first-order valence-electron chi connectivity index (χ1n) is 7.60. The van der Waals surface area contributed by atoms with Gasteiger partial charge in [0.1, 0.15) is 6.04 Å². The van der Waals surface area contributed by atoms with E-state index in [1.165, 1.54) is 14.2 Å². The van der Waals surface area contributed by atoms with Gasteiger partial charge in [-0.15, -0.1) is 0 Å². The van der Waals surface area contributed by atoms with E-state index in [0.717, 1.165) is 15.2 Å². The lowest BCUT2D eigenvalue weighted by Gasteiger charge is -2.17. The van der Waals surface area contributed by atoms with E-state index in [2.05, 4.69) is 26.0 Å². The topological polar surface area (TPSA) is 81.7 Å². The van der Waals surface area contributed by atoms with Gasteiger partial charge in [0.25, 0.3) is 5.91 Å². The molecule has 7 heteroatoms. The molecule has 0 heterocycles. The Labute approximate surface area is 153 Å². The number of rotatable bonds is 6. The van der Waals surface area contributed by atoms with E-state index >= 15 is 0 Å². The number of methoxy groups -OCH3 is 2. The van der Waals surface area contributed by atoms with Gasteiger partial charge in [0.05, 0.1) is 14.2 Å². The van der Waals surface area contributed by atoms with Crippen molar-refractivity contribution in [1.29, 1.82) is 0 Å². The fraction of sp³-hybridized carbons (Fsp3) is 0.278. The first-order chi connectivity index (χ1) is 12.0. The van der Waals surface area contributed by atoms with E-state index < -0.39 is 23.9 Å². The molecule has 1 amide bonds. The lowest BCUT2D eigenvalue weighted by molar-refractivity contribution is -0.144. The number of hydrogen-bond acceptors (Lipinski definition) is 5. The zero-order chi connectivity index (χ0) is 18.4. The van der Waals surface area contributed by atoms with Crippen molar-refractivity contribution in [1.82, 2.24) is 5.32 Å². The van der Waals surface area contributed by atoms with Gasteiger partial charge < -0.3 is 14.8 Å². The highest BCUT2D eigenvalue weighted by Crippen LogP contribution is 2.26. The molecule has 0 saturated heterocycles. The van der Waals surface area contributed by atoms with Crippen molar-refractivity contribution in [2.24, 2.45) is 0 Å². The molecule has 0 aliphatic carbocycles. The lowest BCUT2D eigenvalue weighted by Crippen LogP contribution is -2.42. The van der Waals surface area contributed by atoms with E-state index in [1.807, 2.05) is 24.3 Å². The molecule has 0 saturated carbocycles. The largest absolute Gasteiger partial charge is 0.469 e. The standard InChI is InChI=1S/C18H18BrNO5/c1-24-16(21)10-9-15(18(23)25-2)20-17(22)13-7-8-14(19)12-6-4-3-5-11(12)13/h3-8,15H,9-10H2,1-2H3,(H,20,22)/t15-/m0/s1. The maximum Gasteiger partial charge on any atom is 0.328 e. The second-order valence-corrected chi connectivity index (χ2v) is 6.16. The second kappa shape index (κ2) is 8.62. The number of ether oxygens (including phenoxy) is 2. The minimum atomic E-state index is -0.931. The Morgan fingerprint density at radius 3 is 2.36 bits per heavy atom. The average Bonchev–Trinajstić information content (AvgIpc) is 2.64. The molecular weight excluding hydrogens is 390 g/mol. The molecule has 0 radical (unpaired) electrons. The van der Waals surface area contributed by atoms with Crippen LogP contribution < -0.4 is 5.32 Å². The number of carbonyl (C=O) groups excluding carboxylic acids is 3. The van der Waals surface area contributed by atoms with Crippen LogP contribution in [0.15, 0.2) is 40.9 Å². The number of halogens is 1. The summed E-state index contributed by atoms with van der Waals surface area (Å²) in [7, 11) is 2.50. The number of carbonyl (C=O) groups is 3. The van der Waals surface area contributed by atoms with Crippen molar-refractivity contribution in [3.05, 3.63) is 46.4 Å². The van der Waals surface area contributed by atoms with Crippen LogP contribution >= 0.6 is 15.9 Å². The van der Waals surface area contributed by atoms with Crippen molar-refractivity contribution in [2.45, 2.75) is 18.9 Å². The van der Waals surface area contributed by atoms with E-state index in [4.69, 9.17) is 4.74 Å². The predicted molar refractivity (Wildman–Crippen MR) is 96.2 cm³/mol. The molecule has 6 nitrogen and oxygen atoms in total. The van der Waals surface area contributed by atoms with Gasteiger partial charge in [0.2, 0.25) is 0 Å². The summed E-state index contributed by atoms with van der Waals surface area (Å²) >= 11 is 3.46. The molecule has 1 atom stereocenters. The molecule has 2 rings (SSSR count). The summed E-state index contributed by atoms with van der Waals surface area (Å²) in [4.78, 5) is 35.9. The van der Waals surface area contributed by atoms with Crippen molar-refractivity contribution in [3.8, 4) is 0 Å². The fourth-order valence-corrected chi connectivity index (χ4v) is 2.93. The van der Waals surface area contributed by atoms with Gasteiger partial charge in [0, 0.05) is 16.5 Å². The maximum atomic E-state index is 12.7. The zero-order valence-electron chi connectivity index (χ0n) is 13.9. The molecule has 0 unspecified atom stereocenters. The summed E-state index contributed by atoms with van der Waals surface area (Å²) in [6.45, 7) is 0. The minimum Gasteiger partial charge on any atom is -0.469 e. The Morgan fingerprint density at radius 2 is 1.72 bits per heavy atom. The van der Waals surface area contributed by atoms with Gasteiger partial charge in [-0.3, -0.25) is 9.59 Å². The quantitative estimate of drug-likeness (QED) is 0.744. The molecule has 0 aliphatic heterocycles. The maximum absolute atomic E-state index is 12.7. The van der Waals surface area contributed by atoms with Gasteiger partial charge in [-0.25, -0.2) is 4.79 Å². The molecule has 0 spiro atoms. The van der Waals surface area contributed by atoms with Gasteiger partial charge >= 0.3 is 11.9 Å². The van der Waals surface area contributed by atoms with Crippen LogP contribution in [0.25, 0.3) is 10.8 Å². The third kappa shape index (κ3) is 4.57. The highest BCUT2D eigenvalue weighted by Gasteiger charge is 2.24. The Bertz CT molecular complexity index is 805. The second-order valence-electron chi connectivity index (χ2n) is 5.30. The molecule has 132 valence electrons. The summed E-state index contributed by atoms with van der Waals surface area (Å²) in [6.07, 6.45) is 0.0944. The number of hydrogen-bond donors (Lipinski definition) is 1. The Kier molecular flexibility index (Phi) is 6.52. The summed E-state index contributed by atoms with van der Waals surface area (Å²) in [5.74, 6) is -1.49. The first-order valence-corrected chi connectivity index (χ1v) is 8.40. The molecule has 2 aromatic carbocycles. The SMILES string of the molecule is COC(=O)CC[C@H](NC(=O)c1ccc(Br)c2ccccc12)C(=O)OC. The highest BCUT2D eigenvalue weighted by atomic mass is 79.9. The number of esters is 2. The van der Waals surface area contributed by atoms with Gasteiger partial charge in [-0.2, -0.15) is 0 Å². The van der Waals surface area contributed by atoms with Crippen LogP contribution in [-0.2, 0) is 19.1 Å². The smallest absolute Gasteiger partial charge is 0.328 e. The van der Waals surface area contributed by atoms with Crippen molar-refractivity contribution in [2.75, 3.05) is 14.2 Å². The molecular formula is C18H18BrNO5. The predicted octanol–water partition coefficient (Wildman–Crippen LogP) is 2.83. The third-order valence-electron chi connectivity index (χ3n) is 3.77. The number of benzene rings is 2. The van der Waals surface area contributed by atoms with Crippen molar-refractivity contribution in [3.63, 3.8) is 0 Å². The highest BCUT2D eigenvalue weighted by molar-refractivity contribution is 9.10. The van der Waals surface area contributed by atoms with E-state index in [1.54, 1.807) is 12.1 Å². The van der Waals surface area contributed by atoms with Crippen LogP contribution in [0.1, 0.15) is 23.2 Å². The Balaban J connectivity index is 2.25. The zero-order valence-corrected chi connectivity index (χ0v) is 15.5. The number of fused-ring (bicyclic) bond motifs is 1. The van der Waals surface area contributed by atoms with Gasteiger partial charge in [-0.05, 0) is 29.3 Å². The van der Waals surface area contributed by atoms with Gasteiger partial charge in [0.15, 0.2) is 0 Å². The summed E-state index contributed by atoms with van der Waals surface area (Å²) < 4.78 is 10.1. The normalized spacial score (nSPS) is 11.6. The number of nitrogens with one attached hydrogen (secondary N) is 1. The molecule has 0 aliphatic rings. The molecule has 25 heavy (non-hydrogen) atoms. The molecule has 1 N–H and O–H groups in total. The van der Waals surface area contributed by atoms with Crippen LogP contribution in [0.5, 0.6) is 0 Å². The summed E-state index contributed by atoms with van der Waals surface area (Å²) in [6, 6.07) is 9.96. The monoisotopic (exact) mass is 407 g/mol. The van der Waals surface area contributed by atoms with E-state index in [-0.39, 0.29) is 12.8 Å². The van der Waals surface area contributed by atoms with Gasteiger partial charge in [-0.1, -0.05) is 40.2 Å². The molecule has 2 aromatic rings. The number of amides is 1. The molecule has 0 fully saturated rings. The van der Waals surface area contributed by atoms with Crippen LogP contribution in [0.3, 0.4) is 0 Å². The summed E-state index contributed by atoms with van der Waals surface area (Å²) in [5, 5.41) is 4.28. The first kappa shape index (κ1) is 18.9. The van der Waals surface area contributed by atoms with E-state index in [9.17, 15) is 14.4 Å². The molecule has 0 bridgehead atoms. The van der Waals surface area contributed by atoms with E-state index in [0.29, 0.717) is 5.56 Å². The van der Waals surface area contributed by atoms with Crippen LogP contribution in [0.2, 0.25) is 0 Å². The lowest BCUT2D eigenvalue weighted by atomic mass is 10.0. The van der Waals surface area contributed by atoms with Crippen LogP contribution in [-0.4, -0.2) is 38.1 Å². The van der Waals surface area contributed by atoms with Crippen molar-refractivity contribution >= 4 is 44.5 Å². The average molecular weight is 408 g/mol.